The van der Waals surface area contributed by atoms with Gasteiger partial charge in [-0.15, -0.1) is 0 Å². The van der Waals surface area contributed by atoms with Crippen LogP contribution in [-0.2, 0) is 6.42 Å². The predicted octanol–water partition coefficient (Wildman–Crippen LogP) is 3.23. The SMILES string of the molecule is Cc1cc(C(=O)NC2CCCc3cc(N)ccc32)c2c(C)noc2n1. The number of hydrogen-bond donors (Lipinski definition) is 2. The molecule has 1 atom stereocenters. The maximum absolute atomic E-state index is 13.0. The van der Waals surface area contributed by atoms with E-state index in [0.717, 1.165) is 36.2 Å². The molecule has 2 heterocycles. The van der Waals surface area contributed by atoms with Crippen LogP contribution in [-0.4, -0.2) is 16.0 Å². The van der Waals surface area contributed by atoms with E-state index in [1.54, 1.807) is 6.07 Å². The smallest absolute Gasteiger partial charge is 0.258 e. The van der Waals surface area contributed by atoms with Crippen molar-refractivity contribution in [3.63, 3.8) is 0 Å². The van der Waals surface area contributed by atoms with Crippen molar-refractivity contribution in [2.45, 2.75) is 39.2 Å². The fourth-order valence-corrected chi connectivity index (χ4v) is 3.62. The molecule has 3 aromatic rings. The number of amides is 1. The molecule has 0 radical (unpaired) electrons. The second-order valence-electron chi connectivity index (χ2n) is 6.64. The molecule has 0 aliphatic heterocycles. The minimum Gasteiger partial charge on any atom is -0.399 e. The Morgan fingerprint density at radius 2 is 2.16 bits per heavy atom. The molecule has 1 amide bonds. The number of anilines is 1. The van der Waals surface area contributed by atoms with Crippen molar-refractivity contribution in [1.82, 2.24) is 15.5 Å². The summed E-state index contributed by atoms with van der Waals surface area (Å²) in [7, 11) is 0. The molecule has 1 aliphatic rings. The highest BCUT2D eigenvalue weighted by atomic mass is 16.5. The predicted molar refractivity (Wildman–Crippen MR) is 95.3 cm³/mol. The number of fused-ring (bicyclic) bond motifs is 2. The highest BCUT2D eigenvalue weighted by molar-refractivity contribution is 6.06. The van der Waals surface area contributed by atoms with Crippen LogP contribution in [0.15, 0.2) is 28.8 Å². The first-order valence-corrected chi connectivity index (χ1v) is 8.45. The van der Waals surface area contributed by atoms with Gasteiger partial charge < -0.3 is 15.6 Å². The van der Waals surface area contributed by atoms with Crippen LogP contribution in [0.4, 0.5) is 5.69 Å². The summed E-state index contributed by atoms with van der Waals surface area (Å²) in [6.45, 7) is 3.66. The van der Waals surface area contributed by atoms with Gasteiger partial charge in [-0.25, -0.2) is 4.98 Å². The molecule has 0 saturated carbocycles. The molecule has 2 aromatic heterocycles. The second-order valence-corrected chi connectivity index (χ2v) is 6.64. The van der Waals surface area contributed by atoms with Gasteiger partial charge in [-0.3, -0.25) is 4.79 Å². The molecule has 6 heteroatoms. The van der Waals surface area contributed by atoms with E-state index in [1.807, 2.05) is 32.0 Å². The van der Waals surface area contributed by atoms with Gasteiger partial charge in [-0.2, -0.15) is 0 Å². The van der Waals surface area contributed by atoms with Crippen LogP contribution in [0.2, 0.25) is 0 Å². The van der Waals surface area contributed by atoms with Gasteiger partial charge in [0, 0.05) is 11.4 Å². The summed E-state index contributed by atoms with van der Waals surface area (Å²) in [5.74, 6) is -0.128. The van der Waals surface area contributed by atoms with E-state index in [1.165, 1.54) is 5.56 Å². The van der Waals surface area contributed by atoms with Gasteiger partial charge in [0.2, 0.25) is 0 Å². The first-order chi connectivity index (χ1) is 12.0. The fraction of sp³-hybridized carbons (Fsp3) is 0.316. The van der Waals surface area contributed by atoms with Gasteiger partial charge in [-0.1, -0.05) is 11.2 Å². The highest BCUT2D eigenvalue weighted by Crippen LogP contribution is 2.32. The zero-order valence-corrected chi connectivity index (χ0v) is 14.3. The zero-order valence-electron chi connectivity index (χ0n) is 14.3. The van der Waals surface area contributed by atoms with Crippen molar-refractivity contribution < 1.29 is 9.32 Å². The summed E-state index contributed by atoms with van der Waals surface area (Å²) in [5.41, 5.74) is 11.4. The molecule has 0 spiro atoms. The average molecular weight is 336 g/mol. The number of benzene rings is 1. The molecular formula is C19H20N4O2. The summed E-state index contributed by atoms with van der Waals surface area (Å²) in [6.07, 6.45) is 2.94. The summed E-state index contributed by atoms with van der Waals surface area (Å²) in [4.78, 5) is 17.3. The maximum atomic E-state index is 13.0. The van der Waals surface area contributed by atoms with Crippen LogP contribution in [0.25, 0.3) is 11.1 Å². The highest BCUT2D eigenvalue weighted by Gasteiger charge is 2.24. The van der Waals surface area contributed by atoms with E-state index in [0.29, 0.717) is 22.4 Å². The molecular weight excluding hydrogens is 316 g/mol. The topological polar surface area (TPSA) is 94.0 Å². The number of aryl methyl sites for hydroxylation is 3. The van der Waals surface area contributed by atoms with Gasteiger partial charge in [-0.05, 0) is 62.4 Å². The van der Waals surface area contributed by atoms with Crippen LogP contribution in [0.3, 0.4) is 0 Å². The number of nitrogen functional groups attached to an aromatic ring is 1. The minimum atomic E-state index is -0.128. The van der Waals surface area contributed by atoms with Crippen LogP contribution < -0.4 is 11.1 Å². The number of rotatable bonds is 2. The van der Waals surface area contributed by atoms with Crippen LogP contribution in [0, 0.1) is 13.8 Å². The lowest BCUT2D eigenvalue weighted by Crippen LogP contribution is -2.31. The molecule has 1 unspecified atom stereocenters. The number of hydrogen-bond acceptors (Lipinski definition) is 5. The summed E-state index contributed by atoms with van der Waals surface area (Å²) in [5, 5.41) is 7.79. The molecule has 0 fully saturated rings. The Morgan fingerprint density at radius 1 is 1.32 bits per heavy atom. The number of pyridine rings is 1. The van der Waals surface area contributed by atoms with Crippen molar-refractivity contribution in [1.29, 1.82) is 0 Å². The number of carbonyl (C=O) groups is 1. The Morgan fingerprint density at radius 3 is 3.00 bits per heavy atom. The molecule has 0 bridgehead atoms. The van der Waals surface area contributed by atoms with E-state index in [4.69, 9.17) is 10.3 Å². The van der Waals surface area contributed by atoms with Gasteiger partial charge in [0.25, 0.3) is 11.6 Å². The summed E-state index contributed by atoms with van der Waals surface area (Å²) < 4.78 is 5.22. The lowest BCUT2D eigenvalue weighted by molar-refractivity contribution is 0.0934. The summed E-state index contributed by atoms with van der Waals surface area (Å²) >= 11 is 0. The van der Waals surface area contributed by atoms with E-state index in [9.17, 15) is 4.79 Å². The van der Waals surface area contributed by atoms with E-state index >= 15 is 0 Å². The van der Waals surface area contributed by atoms with Crippen molar-refractivity contribution in [2.24, 2.45) is 0 Å². The first-order valence-electron chi connectivity index (χ1n) is 8.45. The Kier molecular flexibility index (Phi) is 3.67. The first kappa shape index (κ1) is 15.6. The Balaban J connectivity index is 1.69. The number of nitrogens with two attached hydrogens (primary N) is 1. The van der Waals surface area contributed by atoms with Crippen molar-refractivity contribution in [3.05, 3.63) is 52.3 Å². The number of carbonyl (C=O) groups excluding carboxylic acids is 1. The quantitative estimate of drug-likeness (QED) is 0.701. The number of nitrogens with one attached hydrogen (secondary N) is 1. The van der Waals surface area contributed by atoms with Crippen molar-refractivity contribution >= 4 is 22.7 Å². The van der Waals surface area contributed by atoms with Crippen LogP contribution in [0.5, 0.6) is 0 Å². The van der Waals surface area contributed by atoms with Crippen LogP contribution >= 0.6 is 0 Å². The summed E-state index contributed by atoms with van der Waals surface area (Å²) in [6, 6.07) is 7.69. The monoisotopic (exact) mass is 336 g/mol. The third-order valence-electron chi connectivity index (χ3n) is 4.78. The molecule has 1 aromatic carbocycles. The third kappa shape index (κ3) is 2.73. The molecule has 3 N–H and O–H groups in total. The molecule has 6 nitrogen and oxygen atoms in total. The van der Waals surface area contributed by atoms with Gasteiger partial charge in [0.05, 0.1) is 22.7 Å². The largest absolute Gasteiger partial charge is 0.399 e. The normalized spacial score (nSPS) is 16.6. The maximum Gasteiger partial charge on any atom is 0.258 e. The van der Waals surface area contributed by atoms with Gasteiger partial charge >= 0.3 is 0 Å². The Bertz CT molecular complexity index is 977. The fourth-order valence-electron chi connectivity index (χ4n) is 3.62. The van der Waals surface area contributed by atoms with Gasteiger partial charge in [0.15, 0.2) is 0 Å². The molecule has 1 aliphatic carbocycles. The van der Waals surface area contributed by atoms with Gasteiger partial charge in [0.1, 0.15) is 0 Å². The average Bonchev–Trinajstić information content (AvgIpc) is 2.95. The Hall–Kier alpha value is -2.89. The number of nitrogens with zero attached hydrogens (tertiary/aromatic N) is 2. The van der Waals surface area contributed by atoms with Crippen molar-refractivity contribution in [2.75, 3.05) is 5.73 Å². The zero-order chi connectivity index (χ0) is 17.6. The molecule has 25 heavy (non-hydrogen) atoms. The Labute approximate surface area is 145 Å². The second kappa shape index (κ2) is 5.88. The molecule has 128 valence electrons. The molecule has 4 rings (SSSR count). The van der Waals surface area contributed by atoms with Crippen molar-refractivity contribution in [3.8, 4) is 0 Å². The third-order valence-corrected chi connectivity index (χ3v) is 4.78. The lowest BCUT2D eigenvalue weighted by Gasteiger charge is -2.26. The molecule has 0 saturated heterocycles. The number of aromatic nitrogens is 2. The van der Waals surface area contributed by atoms with Crippen LogP contribution in [0.1, 0.15) is 51.8 Å². The van der Waals surface area contributed by atoms with E-state index < -0.39 is 0 Å². The van der Waals surface area contributed by atoms with E-state index in [-0.39, 0.29) is 11.9 Å². The lowest BCUT2D eigenvalue weighted by atomic mass is 9.87. The standard InChI is InChI=1S/C19H20N4O2/c1-10-8-15(17-11(2)23-25-19(17)21-10)18(24)22-16-5-3-4-12-9-13(20)6-7-14(12)16/h6-9,16H,3-5,20H2,1-2H3,(H,22,24). The van der Waals surface area contributed by atoms with E-state index in [2.05, 4.69) is 15.5 Å². The minimum absolute atomic E-state index is 0.0134.